The van der Waals surface area contributed by atoms with E-state index in [1.54, 1.807) is 23.1 Å². The van der Waals surface area contributed by atoms with Crippen LogP contribution in [0.2, 0.25) is 10.0 Å². The summed E-state index contributed by atoms with van der Waals surface area (Å²) in [5.74, 6) is -0.648. The van der Waals surface area contributed by atoms with Crippen molar-refractivity contribution in [3.63, 3.8) is 0 Å². The molecule has 2 unspecified atom stereocenters. The van der Waals surface area contributed by atoms with Crippen LogP contribution in [0.3, 0.4) is 0 Å². The van der Waals surface area contributed by atoms with Gasteiger partial charge in [0.1, 0.15) is 0 Å². The van der Waals surface area contributed by atoms with Crippen LogP contribution in [0.1, 0.15) is 39.5 Å². The number of halogens is 3. The Morgan fingerprint density at radius 1 is 1.31 bits per heavy atom. The van der Waals surface area contributed by atoms with Crippen molar-refractivity contribution in [2.45, 2.75) is 45.1 Å². The largest absolute Gasteiger partial charge is 0.333 e. The SMILES string of the molecule is CCN(CC(=O)Nc1c(Cl)cccc1Cl)C(=O)C1CCCCC1(C)N.Cl. The Bertz CT molecular complexity index is 632. The van der Waals surface area contributed by atoms with Crippen LogP contribution in [-0.2, 0) is 9.59 Å². The lowest BCUT2D eigenvalue weighted by atomic mass is 9.74. The number of carbonyl (C=O) groups excluding carboxylic acids is 2. The van der Waals surface area contributed by atoms with Crippen molar-refractivity contribution in [1.29, 1.82) is 0 Å². The van der Waals surface area contributed by atoms with E-state index in [2.05, 4.69) is 5.32 Å². The van der Waals surface area contributed by atoms with Gasteiger partial charge in [0.25, 0.3) is 0 Å². The van der Waals surface area contributed by atoms with E-state index in [1.807, 2.05) is 13.8 Å². The summed E-state index contributed by atoms with van der Waals surface area (Å²) in [6, 6.07) is 4.99. The van der Waals surface area contributed by atoms with Crippen LogP contribution in [0.4, 0.5) is 5.69 Å². The quantitative estimate of drug-likeness (QED) is 0.749. The fraction of sp³-hybridized carbons (Fsp3) is 0.556. The van der Waals surface area contributed by atoms with Gasteiger partial charge in [0.2, 0.25) is 11.8 Å². The standard InChI is InChI=1S/C18H25Cl2N3O2.ClH/c1-3-23(17(25)12-7-4-5-10-18(12,2)21)11-15(24)22-16-13(19)8-6-9-14(16)20;/h6,8-9,12H,3-5,7,10-11,21H2,1-2H3,(H,22,24);1H. The van der Waals surface area contributed by atoms with Gasteiger partial charge in [0.05, 0.1) is 28.2 Å². The number of nitrogens with one attached hydrogen (secondary N) is 1. The Hall–Kier alpha value is -1.01. The highest BCUT2D eigenvalue weighted by Gasteiger charge is 2.39. The first-order valence-electron chi connectivity index (χ1n) is 8.57. The molecule has 8 heteroatoms. The number of nitrogens with two attached hydrogens (primary N) is 1. The van der Waals surface area contributed by atoms with Gasteiger partial charge in [0.15, 0.2) is 0 Å². The fourth-order valence-electron chi connectivity index (χ4n) is 3.30. The van der Waals surface area contributed by atoms with Crippen LogP contribution in [0.15, 0.2) is 18.2 Å². The van der Waals surface area contributed by atoms with E-state index in [1.165, 1.54) is 0 Å². The third-order valence-corrected chi connectivity index (χ3v) is 5.44. The van der Waals surface area contributed by atoms with E-state index in [0.29, 0.717) is 22.3 Å². The first-order valence-corrected chi connectivity index (χ1v) is 9.33. The van der Waals surface area contributed by atoms with E-state index in [-0.39, 0.29) is 36.7 Å². The highest BCUT2D eigenvalue weighted by atomic mass is 35.5. The molecule has 0 saturated heterocycles. The van der Waals surface area contributed by atoms with Crippen LogP contribution in [0, 0.1) is 5.92 Å². The number of carbonyl (C=O) groups is 2. The Kier molecular flexibility index (Phi) is 8.67. The van der Waals surface area contributed by atoms with Gasteiger partial charge in [-0.05, 0) is 38.8 Å². The molecule has 2 rings (SSSR count). The van der Waals surface area contributed by atoms with Gasteiger partial charge >= 0.3 is 0 Å². The van der Waals surface area contributed by atoms with Gasteiger partial charge in [0, 0.05) is 12.1 Å². The maximum Gasteiger partial charge on any atom is 0.244 e. The second-order valence-corrected chi connectivity index (χ2v) is 7.62. The lowest BCUT2D eigenvalue weighted by molar-refractivity contribution is -0.141. The van der Waals surface area contributed by atoms with Gasteiger partial charge in [-0.1, -0.05) is 42.1 Å². The molecule has 1 fully saturated rings. The Morgan fingerprint density at radius 3 is 2.46 bits per heavy atom. The normalized spacial score (nSPS) is 22.3. The molecule has 1 aromatic carbocycles. The summed E-state index contributed by atoms with van der Waals surface area (Å²) in [6.07, 6.45) is 3.61. The summed E-state index contributed by atoms with van der Waals surface area (Å²) in [5, 5.41) is 3.41. The zero-order chi connectivity index (χ0) is 18.6. The van der Waals surface area contributed by atoms with E-state index in [9.17, 15) is 9.59 Å². The molecule has 2 atom stereocenters. The molecule has 2 amide bonds. The molecule has 0 radical (unpaired) electrons. The lowest BCUT2D eigenvalue weighted by Crippen LogP contribution is -2.54. The predicted octanol–water partition coefficient (Wildman–Crippen LogP) is 4.11. The topological polar surface area (TPSA) is 75.4 Å². The number of rotatable bonds is 5. The third kappa shape index (κ3) is 5.49. The summed E-state index contributed by atoms with van der Waals surface area (Å²) in [5.41, 5.74) is 6.17. The van der Waals surface area contributed by atoms with Crippen LogP contribution in [0.5, 0.6) is 0 Å². The summed E-state index contributed by atoms with van der Waals surface area (Å²) in [4.78, 5) is 26.8. The van der Waals surface area contributed by atoms with Crippen LogP contribution >= 0.6 is 35.6 Å². The Balaban J connectivity index is 0.00000338. The predicted molar refractivity (Wildman–Crippen MR) is 109 cm³/mol. The van der Waals surface area contributed by atoms with Crippen LogP contribution in [0.25, 0.3) is 0 Å². The Morgan fingerprint density at radius 2 is 1.92 bits per heavy atom. The highest BCUT2D eigenvalue weighted by molar-refractivity contribution is 6.39. The zero-order valence-corrected chi connectivity index (χ0v) is 17.4. The van der Waals surface area contributed by atoms with Crippen LogP contribution in [-0.4, -0.2) is 35.3 Å². The number of likely N-dealkylation sites (N-methyl/N-ethyl adjacent to an activating group) is 1. The van der Waals surface area contributed by atoms with Gasteiger partial charge in [-0.3, -0.25) is 9.59 Å². The average molecular weight is 423 g/mol. The number of amides is 2. The van der Waals surface area contributed by atoms with Gasteiger partial charge in [-0.15, -0.1) is 12.4 Å². The third-order valence-electron chi connectivity index (χ3n) is 4.81. The number of para-hydroxylation sites is 1. The molecule has 1 aliphatic carbocycles. The molecular formula is C18H26Cl3N3O2. The van der Waals surface area contributed by atoms with Crippen molar-refractivity contribution in [1.82, 2.24) is 4.90 Å². The molecule has 3 N–H and O–H groups in total. The minimum atomic E-state index is -0.523. The van der Waals surface area contributed by atoms with Gasteiger partial charge < -0.3 is 16.0 Å². The van der Waals surface area contributed by atoms with Crippen molar-refractivity contribution in [2.75, 3.05) is 18.4 Å². The first-order chi connectivity index (χ1) is 11.8. The molecule has 26 heavy (non-hydrogen) atoms. The molecule has 0 spiro atoms. The smallest absolute Gasteiger partial charge is 0.244 e. The molecule has 0 aromatic heterocycles. The molecule has 0 bridgehead atoms. The molecule has 0 aliphatic heterocycles. The zero-order valence-electron chi connectivity index (χ0n) is 15.1. The molecule has 0 heterocycles. The van der Waals surface area contributed by atoms with Gasteiger partial charge in [-0.25, -0.2) is 0 Å². The molecule has 1 aliphatic rings. The van der Waals surface area contributed by atoms with E-state index in [0.717, 1.165) is 25.7 Å². The monoisotopic (exact) mass is 421 g/mol. The number of benzene rings is 1. The minimum absolute atomic E-state index is 0. The summed E-state index contributed by atoms with van der Waals surface area (Å²) < 4.78 is 0. The summed E-state index contributed by atoms with van der Waals surface area (Å²) in [6.45, 7) is 4.16. The average Bonchev–Trinajstić information content (AvgIpc) is 2.55. The van der Waals surface area contributed by atoms with E-state index >= 15 is 0 Å². The second kappa shape index (κ2) is 9.79. The van der Waals surface area contributed by atoms with Crippen molar-refractivity contribution >= 4 is 53.1 Å². The number of hydrogen-bond donors (Lipinski definition) is 2. The lowest BCUT2D eigenvalue weighted by Gasteiger charge is -2.39. The molecule has 5 nitrogen and oxygen atoms in total. The van der Waals surface area contributed by atoms with E-state index < -0.39 is 5.54 Å². The highest BCUT2D eigenvalue weighted by Crippen LogP contribution is 2.33. The van der Waals surface area contributed by atoms with Crippen molar-refractivity contribution < 1.29 is 9.59 Å². The fourth-order valence-corrected chi connectivity index (χ4v) is 3.79. The molecular weight excluding hydrogens is 397 g/mol. The van der Waals surface area contributed by atoms with Crippen LogP contribution < -0.4 is 11.1 Å². The summed E-state index contributed by atoms with van der Waals surface area (Å²) >= 11 is 12.1. The Labute approximate surface area is 171 Å². The summed E-state index contributed by atoms with van der Waals surface area (Å²) in [7, 11) is 0. The second-order valence-electron chi connectivity index (χ2n) is 6.80. The van der Waals surface area contributed by atoms with Crippen molar-refractivity contribution in [3.05, 3.63) is 28.2 Å². The van der Waals surface area contributed by atoms with E-state index in [4.69, 9.17) is 28.9 Å². The maximum absolute atomic E-state index is 12.9. The maximum atomic E-state index is 12.9. The van der Waals surface area contributed by atoms with Gasteiger partial charge in [-0.2, -0.15) is 0 Å². The molecule has 1 saturated carbocycles. The number of nitrogens with zero attached hydrogens (tertiary/aromatic N) is 1. The minimum Gasteiger partial charge on any atom is -0.333 e. The first kappa shape index (κ1) is 23.0. The molecule has 1 aromatic rings. The molecule has 146 valence electrons. The number of hydrogen-bond acceptors (Lipinski definition) is 3. The van der Waals surface area contributed by atoms with Crippen molar-refractivity contribution in [2.24, 2.45) is 11.7 Å². The van der Waals surface area contributed by atoms with Crippen molar-refractivity contribution in [3.8, 4) is 0 Å². The number of anilines is 1.